The fourth-order valence-corrected chi connectivity index (χ4v) is 3.80. The summed E-state index contributed by atoms with van der Waals surface area (Å²) in [6.07, 6.45) is 0.786. The Morgan fingerprint density at radius 2 is 2.32 bits per heavy atom. The maximum Gasteiger partial charge on any atom is 0.124 e. The summed E-state index contributed by atoms with van der Waals surface area (Å²) in [5, 5.41) is 13.7. The first kappa shape index (κ1) is 13.2. The van der Waals surface area contributed by atoms with Gasteiger partial charge in [0.15, 0.2) is 0 Å². The zero-order valence-electron chi connectivity index (χ0n) is 10.6. The number of likely N-dealkylation sites (N-methyl/N-ethyl adjacent to an activating group) is 1. The minimum Gasteiger partial charge on any atom is -0.384 e. The summed E-state index contributed by atoms with van der Waals surface area (Å²) < 4.78 is 0.859. The number of nitrogens with zero attached hydrogens (tertiary/aromatic N) is 2. The lowest BCUT2D eigenvalue weighted by Crippen LogP contribution is -2.29. The first-order valence-corrected chi connectivity index (χ1v) is 7.87. The number of aliphatic hydroxyl groups is 1. The topological polar surface area (TPSA) is 36.4 Å². The Balaban J connectivity index is 1.96. The predicted octanol–water partition coefficient (Wildman–Crippen LogP) is 3.10. The summed E-state index contributed by atoms with van der Waals surface area (Å²) >= 11 is 4.98. The summed E-state index contributed by atoms with van der Waals surface area (Å²) in [6, 6.07) is 8.10. The first-order valence-electron chi connectivity index (χ1n) is 6.20. The lowest BCUT2D eigenvalue weighted by molar-refractivity contribution is 0.0489. The molecule has 5 heteroatoms. The number of thiazole rings is 1. The summed E-state index contributed by atoms with van der Waals surface area (Å²) in [5.74, 6) is 0. The van der Waals surface area contributed by atoms with E-state index >= 15 is 0 Å². The van der Waals surface area contributed by atoms with E-state index in [1.54, 1.807) is 11.3 Å². The van der Waals surface area contributed by atoms with Crippen LogP contribution in [0.2, 0.25) is 0 Å². The lowest BCUT2D eigenvalue weighted by Gasteiger charge is -2.23. The van der Waals surface area contributed by atoms with Gasteiger partial charge in [0.25, 0.3) is 0 Å². The second-order valence-corrected chi connectivity index (χ2v) is 6.75. The number of β-amino-alcohol motifs (C(OH)–C–C–N with tert-alkyl or cyclic N) is 1. The molecule has 0 radical (unpaired) electrons. The molecule has 1 aromatic heterocycles. The monoisotopic (exact) mass is 338 g/mol. The molecule has 0 unspecified atom stereocenters. The van der Waals surface area contributed by atoms with Crippen LogP contribution in [0.1, 0.15) is 12.0 Å². The second-order valence-electron chi connectivity index (χ2n) is 5.08. The molecule has 0 amide bonds. The van der Waals surface area contributed by atoms with E-state index in [1.165, 1.54) is 0 Å². The van der Waals surface area contributed by atoms with Crippen molar-refractivity contribution in [2.75, 3.05) is 20.1 Å². The largest absolute Gasteiger partial charge is 0.384 e. The molecule has 3 nitrogen and oxygen atoms in total. The molecule has 1 atom stereocenters. The highest BCUT2D eigenvalue weighted by atomic mass is 79.9. The predicted molar refractivity (Wildman–Crippen MR) is 81.3 cm³/mol. The van der Waals surface area contributed by atoms with Crippen molar-refractivity contribution in [3.05, 3.63) is 39.8 Å². The molecule has 2 aromatic rings. The van der Waals surface area contributed by atoms with Gasteiger partial charge in [0.05, 0.1) is 0 Å². The summed E-state index contributed by atoms with van der Waals surface area (Å²) in [6.45, 7) is 1.63. The Bertz CT molecular complexity index is 601. The lowest BCUT2D eigenvalue weighted by atomic mass is 9.92. The van der Waals surface area contributed by atoms with Crippen LogP contribution in [0.3, 0.4) is 0 Å². The van der Waals surface area contributed by atoms with Crippen LogP contribution in [0.15, 0.2) is 34.2 Å². The third-order valence-corrected chi connectivity index (χ3v) is 5.16. The van der Waals surface area contributed by atoms with Crippen molar-refractivity contribution in [2.45, 2.75) is 12.0 Å². The van der Waals surface area contributed by atoms with Crippen molar-refractivity contribution in [2.24, 2.45) is 0 Å². The van der Waals surface area contributed by atoms with Crippen LogP contribution in [0.4, 0.5) is 0 Å². The van der Waals surface area contributed by atoms with E-state index in [-0.39, 0.29) is 0 Å². The summed E-state index contributed by atoms with van der Waals surface area (Å²) in [5.41, 5.74) is 1.33. The SMILES string of the molecule is CN1CC[C@@](O)(c2cccc(-c3nc(Br)cs3)c2)C1. The van der Waals surface area contributed by atoms with Gasteiger partial charge in [-0.05, 0) is 41.0 Å². The summed E-state index contributed by atoms with van der Waals surface area (Å²) in [7, 11) is 2.04. The molecular formula is C14H15BrN2OS. The van der Waals surface area contributed by atoms with Gasteiger partial charge >= 0.3 is 0 Å². The van der Waals surface area contributed by atoms with Crippen LogP contribution in [0, 0.1) is 0 Å². The van der Waals surface area contributed by atoms with Gasteiger partial charge in [-0.2, -0.15) is 0 Å². The fraction of sp³-hybridized carbons (Fsp3) is 0.357. The van der Waals surface area contributed by atoms with Gasteiger partial charge in [-0.3, -0.25) is 0 Å². The van der Waals surface area contributed by atoms with E-state index in [2.05, 4.69) is 31.9 Å². The Kier molecular flexibility index (Phi) is 3.47. The van der Waals surface area contributed by atoms with Gasteiger partial charge in [0.1, 0.15) is 15.2 Å². The number of hydrogen-bond acceptors (Lipinski definition) is 4. The van der Waals surface area contributed by atoms with Gasteiger partial charge in [0, 0.05) is 24.0 Å². The molecule has 1 aromatic carbocycles. The Hall–Kier alpha value is -0.750. The minimum atomic E-state index is -0.723. The van der Waals surface area contributed by atoms with E-state index in [9.17, 15) is 5.11 Å². The standard InChI is InChI=1S/C14H15BrN2OS/c1-17-6-5-14(18,9-17)11-4-2-3-10(7-11)13-16-12(15)8-19-13/h2-4,7-8,18H,5-6,9H2,1H3/t14-/m0/s1. The van der Waals surface area contributed by atoms with E-state index < -0.39 is 5.60 Å². The minimum absolute atomic E-state index is 0.692. The molecule has 0 spiro atoms. The Morgan fingerprint density at radius 1 is 1.47 bits per heavy atom. The highest BCUT2D eigenvalue weighted by molar-refractivity contribution is 9.10. The number of halogens is 1. The van der Waals surface area contributed by atoms with Gasteiger partial charge in [0.2, 0.25) is 0 Å². The van der Waals surface area contributed by atoms with Crippen molar-refractivity contribution in [3.63, 3.8) is 0 Å². The summed E-state index contributed by atoms with van der Waals surface area (Å²) in [4.78, 5) is 6.59. The number of aromatic nitrogens is 1. The molecule has 1 saturated heterocycles. The maximum atomic E-state index is 10.7. The van der Waals surface area contributed by atoms with Crippen LogP contribution in [-0.4, -0.2) is 35.1 Å². The van der Waals surface area contributed by atoms with Crippen LogP contribution in [0.5, 0.6) is 0 Å². The Morgan fingerprint density at radius 3 is 2.95 bits per heavy atom. The highest BCUT2D eigenvalue weighted by Crippen LogP contribution is 2.34. The molecule has 1 N–H and O–H groups in total. The average molecular weight is 339 g/mol. The number of hydrogen-bond donors (Lipinski definition) is 1. The quantitative estimate of drug-likeness (QED) is 0.913. The molecule has 1 aliphatic rings. The molecule has 19 heavy (non-hydrogen) atoms. The third-order valence-electron chi connectivity index (χ3n) is 3.56. The van der Waals surface area contributed by atoms with Crippen LogP contribution in [-0.2, 0) is 5.60 Å². The van der Waals surface area contributed by atoms with E-state index in [0.717, 1.165) is 33.7 Å². The first-order chi connectivity index (χ1) is 9.07. The molecule has 100 valence electrons. The molecule has 0 saturated carbocycles. The highest BCUT2D eigenvalue weighted by Gasteiger charge is 2.36. The van der Waals surface area contributed by atoms with Crippen LogP contribution in [0.25, 0.3) is 10.6 Å². The average Bonchev–Trinajstić information content (AvgIpc) is 2.97. The van der Waals surface area contributed by atoms with E-state index in [0.29, 0.717) is 6.54 Å². The molecule has 2 heterocycles. The molecular weight excluding hydrogens is 324 g/mol. The molecule has 0 bridgehead atoms. The zero-order chi connectivity index (χ0) is 13.5. The molecule has 1 fully saturated rings. The zero-order valence-corrected chi connectivity index (χ0v) is 13.0. The van der Waals surface area contributed by atoms with Crippen molar-refractivity contribution in [1.29, 1.82) is 0 Å². The van der Waals surface area contributed by atoms with Crippen molar-refractivity contribution in [3.8, 4) is 10.6 Å². The van der Waals surface area contributed by atoms with Gasteiger partial charge in [-0.15, -0.1) is 11.3 Å². The molecule has 3 rings (SSSR count). The van der Waals surface area contributed by atoms with E-state index in [4.69, 9.17) is 0 Å². The van der Waals surface area contributed by atoms with Crippen LogP contribution >= 0.6 is 27.3 Å². The molecule has 0 aliphatic carbocycles. The normalized spacial score (nSPS) is 23.9. The number of rotatable bonds is 2. The second kappa shape index (κ2) is 4.98. The maximum absolute atomic E-state index is 10.7. The van der Waals surface area contributed by atoms with Crippen molar-refractivity contribution < 1.29 is 5.11 Å². The third kappa shape index (κ3) is 2.60. The van der Waals surface area contributed by atoms with Crippen molar-refractivity contribution >= 4 is 27.3 Å². The van der Waals surface area contributed by atoms with Crippen molar-refractivity contribution in [1.82, 2.24) is 9.88 Å². The Labute approximate surface area is 125 Å². The number of benzene rings is 1. The molecule has 1 aliphatic heterocycles. The van der Waals surface area contributed by atoms with Gasteiger partial charge < -0.3 is 10.0 Å². The fourth-order valence-electron chi connectivity index (χ4n) is 2.54. The smallest absolute Gasteiger partial charge is 0.124 e. The van der Waals surface area contributed by atoms with Crippen LogP contribution < -0.4 is 0 Å². The van der Waals surface area contributed by atoms with Gasteiger partial charge in [-0.1, -0.05) is 18.2 Å². The van der Waals surface area contributed by atoms with E-state index in [1.807, 2.05) is 30.6 Å². The van der Waals surface area contributed by atoms with Gasteiger partial charge in [-0.25, -0.2) is 4.98 Å². The number of likely N-dealkylation sites (tertiary alicyclic amines) is 1.